The van der Waals surface area contributed by atoms with E-state index in [1.54, 1.807) is 12.1 Å². The minimum atomic E-state index is -0.320. The lowest BCUT2D eigenvalue weighted by Crippen LogP contribution is -2.10. The molecule has 0 aliphatic heterocycles. The van der Waals surface area contributed by atoms with Crippen molar-refractivity contribution in [2.45, 2.75) is 26.7 Å². The molecule has 1 aromatic carbocycles. The van der Waals surface area contributed by atoms with Gasteiger partial charge in [-0.1, -0.05) is 57.0 Å². The first kappa shape index (κ1) is 29.7. The molecule has 0 radical (unpaired) electrons. The smallest absolute Gasteiger partial charge is 0.191 e. The summed E-state index contributed by atoms with van der Waals surface area (Å²) in [6.45, 7) is 4.16. The molecule has 214 valence electrons. The van der Waals surface area contributed by atoms with Gasteiger partial charge >= 0.3 is 0 Å². The van der Waals surface area contributed by atoms with Crippen molar-refractivity contribution in [3.63, 3.8) is 0 Å². The number of fused-ring (bicyclic) bond motifs is 2. The normalized spacial score (nSPS) is 10.9. The Hall–Kier alpha value is -3.79. The van der Waals surface area contributed by atoms with Crippen LogP contribution in [-0.2, 0) is 12.8 Å². The van der Waals surface area contributed by atoms with Crippen molar-refractivity contribution in [3.05, 3.63) is 92.0 Å². The third kappa shape index (κ3) is 5.77. The maximum atomic E-state index is 13.3. The molecule has 0 bridgehead atoms. The fourth-order valence-corrected chi connectivity index (χ4v) is 6.20. The van der Waals surface area contributed by atoms with Crippen LogP contribution in [0.25, 0.3) is 22.3 Å². The van der Waals surface area contributed by atoms with Crippen LogP contribution in [0.3, 0.4) is 0 Å². The Kier molecular flexibility index (Phi) is 8.91. The van der Waals surface area contributed by atoms with E-state index in [-0.39, 0.29) is 5.82 Å². The van der Waals surface area contributed by atoms with Gasteiger partial charge in [0.15, 0.2) is 5.13 Å². The number of anilines is 3. The molecule has 6 rings (SSSR count). The highest BCUT2D eigenvalue weighted by Gasteiger charge is 2.22. The van der Waals surface area contributed by atoms with Crippen LogP contribution < -0.4 is 10.2 Å². The van der Waals surface area contributed by atoms with Crippen molar-refractivity contribution in [1.82, 2.24) is 24.2 Å². The Labute approximate surface area is 263 Å². The van der Waals surface area contributed by atoms with E-state index in [4.69, 9.17) is 4.98 Å². The molecule has 5 aromatic heterocycles. The average Bonchev–Trinajstić information content (AvgIpc) is 3.69. The molecule has 0 unspecified atom stereocenters. The van der Waals surface area contributed by atoms with Crippen molar-refractivity contribution in [1.29, 1.82) is 5.26 Å². The molecule has 0 fully saturated rings. The lowest BCUT2D eigenvalue weighted by Gasteiger charge is -2.16. The maximum absolute atomic E-state index is 13.3. The van der Waals surface area contributed by atoms with Gasteiger partial charge in [-0.3, -0.25) is 0 Å². The van der Waals surface area contributed by atoms with Gasteiger partial charge in [-0.25, -0.2) is 18.4 Å². The Morgan fingerprint density at radius 3 is 2.14 bits per heavy atom. The van der Waals surface area contributed by atoms with Gasteiger partial charge < -0.3 is 10.2 Å². The monoisotopic (exact) mass is 708 g/mol. The molecule has 1 N–H and O–H groups in total. The second-order valence-electron chi connectivity index (χ2n) is 9.28. The van der Waals surface area contributed by atoms with Crippen molar-refractivity contribution in [3.8, 4) is 17.3 Å². The van der Waals surface area contributed by atoms with Crippen LogP contribution in [-0.4, -0.2) is 38.3 Å². The first-order valence-corrected chi connectivity index (χ1v) is 15.6. The van der Waals surface area contributed by atoms with Crippen LogP contribution in [0.15, 0.2) is 69.9 Å². The number of nitrogens with one attached hydrogen (secondary N) is 1. The van der Waals surface area contributed by atoms with E-state index >= 15 is 0 Å². The summed E-state index contributed by atoms with van der Waals surface area (Å²) >= 11 is 8.29. The molecule has 0 aliphatic rings. The number of benzene rings is 1. The molecule has 0 aliphatic carbocycles. The number of pyridine rings is 2. The number of aryl methyl sites for hydroxylation is 2. The Morgan fingerprint density at radius 2 is 1.55 bits per heavy atom. The molecular weight excluding hydrogens is 683 g/mol. The van der Waals surface area contributed by atoms with E-state index < -0.39 is 0 Å². The minimum absolute atomic E-state index is 0.320. The molecule has 8 nitrogen and oxygen atoms in total. The Bertz CT molecular complexity index is 1920. The number of nitrogens with zero attached hydrogens (tertiary/aromatic N) is 7. The quantitative estimate of drug-likeness (QED) is 0.187. The largest absolute Gasteiger partial charge is 0.385 e. The summed E-state index contributed by atoms with van der Waals surface area (Å²) in [5.74, 6) is -0.320. The predicted octanol–water partition coefficient (Wildman–Crippen LogP) is 8.26. The van der Waals surface area contributed by atoms with Gasteiger partial charge in [0.25, 0.3) is 0 Å². The Balaban J connectivity index is 0.000000211. The molecule has 6 aromatic rings. The van der Waals surface area contributed by atoms with Gasteiger partial charge in [0.05, 0.1) is 33.8 Å². The summed E-state index contributed by atoms with van der Waals surface area (Å²) in [6, 6.07) is 16.2. The third-order valence-corrected chi connectivity index (χ3v) is 8.71. The second-order valence-corrected chi connectivity index (χ2v) is 12.1. The zero-order valence-electron chi connectivity index (χ0n) is 23.4. The molecule has 0 amide bonds. The number of hydrogen-bond acceptors (Lipinski definition) is 7. The summed E-state index contributed by atoms with van der Waals surface area (Å²) in [4.78, 5) is 7.15. The van der Waals surface area contributed by atoms with Gasteiger partial charge in [0.1, 0.15) is 22.5 Å². The van der Waals surface area contributed by atoms with Gasteiger partial charge in [0, 0.05) is 41.0 Å². The number of aromatic nitrogens is 5. The number of rotatable bonds is 6. The maximum Gasteiger partial charge on any atom is 0.191 e. The summed E-state index contributed by atoms with van der Waals surface area (Å²) < 4.78 is 19.0. The number of hydrogen-bond donors (Lipinski definition) is 1. The standard InChI is InChI=1S/C20H15BrFN5S.C10H12BrN3/c1-3-15-19(16-10-13(21)8-9-27(16)25-15)26(2)20-24-18(17(11-23)28-20)12-4-6-14(22)7-5-12;1-3-8-10(12-2)9-6-7(11)4-5-14(9)13-8/h4-10H,3H2,1-2H3;4-6,12H,3H2,1-2H3. The Morgan fingerprint density at radius 1 is 0.952 bits per heavy atom. The zero-order valence-corrected chi connectivity index (χ0v) is 27.3. The lowest BCUT2D eigenvalue weighted by molar-refractivity contribution is 0.628. The average molecular weight is 710 g/mol. The van der Waals surface area contributed by atoms with Crippen molar-refractivity contribution < 1.29 is 4.39 Å². The van der Waals surface area contributed by atoms with Crippen LogP contribution >= 0.6 is 43.2 Å². The summed E-state index contributed by atoms with van der Waals surface area (Å²) in [7, 11) is 3.85. The van der Waals surface area contributed by atoms with E-state index in [1.165, 1.54) is 23.5 Å². The summed E-state index contributed by atoms with van der Waals surface area (Å²) in [5, 5.41) is 22.6. The molecule has 5 heterocycles. The fraction of sp³-hybridized carbons (Fsp3) is 0.200. The highest BCUT2D eigenvalue weighted by atomic mass is 79.9. The van der Waals surface area contributed by atoms with Crippen LogP contribution in [0.5, 0.6) is 0 Å². The van der Waals surface area contributed by atoms with Crippen LogP contribution in [0.4, 0.5) is 20.9 Å². The summed E-state index contributed by atoms with van der Waals surface area (Å²) in [5.41, 5.74) is 7.45. The lowest BCUT2D eigenvalue weighted by atomic mass is 10.1. The topological polar surface area (TPSA) is 86.5 Å². The number of thiazole rings is 1. The molecule has 0 saturated heterocycles. The SMILES string of the molecule is CCc1nn2ccc(Br)cc2c1N(C)c1nc(-c2ccc(F)cc2)c(C#N)s1.CCc1nn2ccc(Br)cc2c1NC. The number of halogens is 3. The fourth-order valence-electron chi connectivity index (χ4n) is 4.68. The number of nitriles is 1. The van der Waals surface area contributed by atoms with E-state index in [1.807, 2.05) is 58.6 Å². The van der Waals surface area contributed by atoms with Crippen LogP contribution in [0.2, 0.25) is 0 Å². The van der Waals surface area contributed by atoms with E-state index in [0.717, 1.165) is 55.6 Å². The van der Waals surface area contributed by atoms with Gasteiger partial charge in [-0.2, -0.15) is 15.5 Å². The van der Waals surface area contributed by atoms with Gasteiger partial charge in [0.2, 0.25) is 0 Å². The predicted molar refractivity (Wildman–Crippen MR) is 174 cm³/mol. The summed E-state index contributed by atoms with van der Waals surface area (Å²) in [6.07, 6.45) is 5.57. The van der Waals surface area contributed by atoms with E-state index in [0.29, 0.717) is 21.3 Å². The van der Waals surface area contributed by atoms with Crippen molar-refractivity contribution in [2.24, 2.45) is 0 Å². The first-order valence-electron chi connectivity index (χ1n) is 13.2. The molecule has 0 saturated carbocycles. The molecule has 42 heavy (non-hydrogen) atoms. The first-order chi connectivity index (χ1) is 20.3. The second kappa shape index (κ2) is 12.6. The zero-order chi connectivity index (χ0) is 30.0. The van der Waals surface area contributed by atoms with Crippen molar-refractivity contribution in [2.75, 3.05) is 24.3 Å². The highest BCUT2D eigenvalue weighted by Crippen LogP contribution is 2.38. The minimum Gasteiger partial charge on any atom is -0.385 e. The van der Waals surface area contributed by atoms with Gasteiger partial charge in [-0.05, 0) is 61.4 Å². The molecule has 0 spiro atoms. The van der Waals surface area contributed by atoms with Gasteiger partial charge in [-0.15, -0.1) is 0 Å². The van der Waals surface area contributed by atoms with E-state index in [2.05, 4.69) is 73.4 Å². The highest BCUT2D eigenvalue weighted by molar-refractivity contribution is 9.10. The molecule has 0 atom stereocenters. The van der Waals surface area contributed by atoms with Crippen LogP contribution in [0.1, 0.15) is 30.1 Å². The third-order valence-electron chi connectivity index (χ3n) is 6.69. The van der Waals surface area contributed by atoms with E-state index in [9.17, 15) is 9.65 Å². The van der Waals surface area contributed by atoms with Crippen LogP contribution in [0, 0.1) is 17.1 Å². The van der Waals surface area contributed by atoms with Crippen molar-refractivity contribution >= 4 is 70.7 Å². The molecular formula is C30H27Br2FN8S. The molecule has 12 heteroatoms.